The Kier molecular flexibility index (Phi) is 7.02. The summed E-state index contributed by atoms with van der Waals surface area (Å²) >= 11 is 0. The molecular weight excluding hydrogens is 436 g/mol. The molecule has 0 saturated carbocycles. The van der Waals surface area contributed by atoms with E-state index in [2.05, 4.69) is 21.8 Å². The lowest BCUT2D eigenvalue weighted by atomic mass is 9.88. The normalized spacial score (nSPS) is 17.2. The van der Waals surface area contributed by atoms with Gasteiger partial charge >= 0.3 is 0 Å². The molecule has 174 valence electrons. The summed E-state index contributed by atoms with van der Waals surface area (Å²) in [6, 6.07) is 22.2. The average Bonchev–Trinajstić information content (AvgIpc) is 2.83. The molecule has 1 aliphatic heterocycles. The Morgan fingerprint density at radius 2 is 1.58 bits per heavy atom. The van der Waals surface area contributed by atoms with Crippen LogP contribution in [0.2, 0.25) is 0 Å². The lowest BCUT2D eigenvalue weighted by molar-refractivity contribution is 0.150. The molecular formula is C26H30N2O4S. The first-order valence-corrected chi connectivity index (χ1v) is 12.5. The number of hydrogen-bond donors (Lipinski definition) is 1. The lowest BCUT2D eigenvalue weighted by Gasteiger charge is -2.41. The molecule has 1 N–H and O–H groups in total. The monoisotopic (exact) mass is 466 g/mol. The van der Waals surface area contributed by atoms with Crippen molar-refractivity contribution in [2.24, 2.45) is 0 Å². The van der Waals surface area contributed by atoms with E-state index in [9.17, 15) is 8.42 Å². The number of nitrogens with one attached hydrogen (secondary N) is 1. The minimum atomic E-state index is -3.67. The molecule has 3 aromatic carbocycles. The highest BCUT2D eigenvalue weighted by Gasteiger charge is 2.35. The average molecular weight is 467 g/mol. The van der Waals surface area contributed by atoms with Gasteiger partial charge < -0.3 is 9.47 Å². The second-order valence-electron chi connectivity index (χ2n) is 8.28. The van der Waals surface area contributed by atoms with Crippen molar-refractivity contribution in [3.63, 3.8) is 0 Å². The van der Waals surface area contributed by atoms with Crippen molar-refractivity contribution in [2.45, 2.75) is 36.9 Å². The van der Waals surface area contributed by atoms with Crippen LogP contribution in [0.5, 0.6) is 11.5 Å². The van der Waals surface area contributed by atoms with E-state index in [1.807, 2.05) is 37.3 Å². The number of fused-ring (bicyclic) bond motifs is 1. The van der Waals surface area contributed by atoms with Gasteiger partial charge in [0, 0.05) is 19.1 Å². The van der Waals surface area contributed by atoms with Crippen molar-refractivity contribution in [1.29, 1.82) is 0 Å². The molecule has 0 fully saturated rings. The van der Waals surface area contributed by atoms with Gasteiger partial charge in [-0.25, -0.2) is 13.1 Å². The molecule has 0 radical (unpaired) electrons. The fraction of sp³-hybridized carbons (Fsp3) is 0.308. The fourth-order valence-corrected chi connectivity index (χ4v) is 5.86. The summed E-state index contributed by atoms with van der Waals surface area (Å²) in [6.07, 6.45) is 0.844. The van der Waals surface area contributed by atoms with Crippen molar-refractivity contribution < 1.29 is 17.9 Å². The second-order valence-corrected chi connectivity index (χ2v) is 9.99. The van der Waals surface area contributed by atoms with Gasteiger partial charge in [0.1, 0.15) is 0 Å². The molecule has 33 heavy (non-hydrogen) atoms. The van der Waals surface area contributed by atoms with Crippen molar-refractivity contribution in [2.75, 3.05) is 20.8 Å². The largest absolute Gasteiger partial charge is 0.493 e. The number of nitrogens with zero attached hydrogens (tertiary/aromatic N) is 1. The molecule has 0 aliphatic carbocycles. The first-order valence-electron chi connectivity index (χ1n) is 11.0. The number of sulfonamides is 1. The van der Waals surface area contributed by atoms with Gasteiger partial charge in [-0.3, -0.25) is 4.90 Å². The molecule has 0 unspecified atom stereocenters. The number of hydrogen-bond acceptors (Lipinski definition) is 5. The van der Waals surface area contributed by atoms with Gasteiger partial charge in [0.05, 0.1) is 25.2 Å². The van der Waals surface area contributed by atoms with Crippen LogP contribution in [0, 0.1) is 0 Å². The number of ether oxygens (including phenoxy) is 2. The van der Waals surface area contributed by atoms with Crippen molar-refractivity contribution >= 4 is 10.0 Å². The quantitative estimate of drug-likeness (QED) is 0.540. The van der Waals surface area contributed by atoms with E-state index in [-0.39, 0.29) is 17.0 Å². The first-order chi connectivity index (χ1) is 15.9. The van der Waals surface area contributed by atoms with Crippen LogP contribution >= 0.6 is 0 Å². The van der Waals surface area contributed by atoms with Gasteiger partial charge in [-0.05, 0) is 54.3 Å². The fourth-order valence-electron chi connectivity index (χ4n) is 4.59. The molecule has 0 saturated heterocycles. The summed E-state index contributed by atoms with van der Waals surface area (Å²) in [4.78, 5) is 2.59. The zero-order valence-corrected chi connectivity index (χ0v) is 20.0. The number of benzene rings is 3. The summed E-state index contributed by atoms with van der Waals surface area (Å²) in [5, 5.41) is 0. The standard InChI is InChI=1S/C26H30N2O4S/c1-19(27-33(29,30)22-12-8-5-9-13-22)26-23-17-25(32-3)24(31-2)16-21(23)14-15-28(26)18-20-10-6-4-7-11-20/h4-13,16-17,19,26-27H,14-15,18H2,1-3H3/t19-,26+/m0/s1. The van der Waals surface area contributed by atoms with Crippen LogP contribution in [-0.4, -0.2) is 40.1 Å². The van der Waals surface area contributed by atoms with Crippen molar-refractivity contribution in [3.05, 3.63) is 89.5 Å². The highest BCUT2D eigenvalue weighted by atomic mass is 32.2. The smallest absolute Gasteiger partial charge is 0.240 e. The third-order valence-electron chi connectivity index (χ3n) is 6.12. The number of methoxy groups -OCH3 is 2. The Morgan fingerprint density at radius 1 is 0.970 bits per heavy atom. The Balaban J connectivity index is 1.72. The molecule has 1 heterocycles. The molecule has 0 aromatic heterocycles. The van der Waals surface area contributed by atoms with Gasteiger partial charge in [-0.1, -0.05) is 48.5 Å². The van der Waals surface area contributed by atoms with Crippen LogP contribution in [-0.2, 0) is 23.0 Å². The van der Waals surface area contributed by atoms with E-state index in [1.165, 1.54) is 5.56 Å². The van der Waals surface area contributed by atoms with Crippen LogP contribution in [0.3, 0.4) is 0 Å². The third-order valence-corrected chi connectivity index (χ3v) is 7.70. The van der Waals surface area contributed by atoms with Crippen LogP contribution in [0.25, 0.3) is 0 Å². The van der Waals surface area contributed by atoms with Gasteiger partial charge in [0.25, 0.3) is 0 Å². The molecule has 1 aliphatic rings. The summed E-state index contributed by atoms with van der Waals surface area (Å²) in [7, 11) is -0.425. The summed E-state index contributed by atoms with van der Waals surface area (Å²) in [5.41, 5.74) is 3.38. The van der Waals surface area contributed by atoms with Gasteiger partial charge in [0.2, 0.25) is 10.0 Å². The minimum absolute atomic E-state index is 0.174. The van der Waals surface area contributed by atoms with Crippen molar-refractivity contribution in [1.82, 2.24) is 9.62 Å². The summed E-state index contributed by atoms with van der Waals surface area (Å²) < 4.78 is 40.2. The predicted octanol–water partition coefficient (Wildman–Crippen LogP) is 4.17. The van der Waals surface area contributed by atoms with Gasteiger partial charge in [-0.15, -0.1) is 0 Å². The highest BCUT2D eigenvalue weighted by molar-refractivity contribution is 7.89. The maximum absolute atomic E-state index is 13.1. The van der Waals surface area contributed by atoms with Gasteiger partial charge in [-0.2, -0.15) is 0 Å². The third kappa shape index (κ3) is 5.05. The first kappa shape index (κ1) is 23.3. The topological polar surface area (TPSA) is 67.9 Å². The van der Waals surface area contributed by atoms with Crippen LogP contribution in [0.15, 0.2) is 77.7 Å². The highest BCUT2D eigenvalue weighted by Crippen LogP contribution is 2.40. The Hall–Kier alpha value is -2.87. The van der Waals surface area contributed by atoms with Crippen LogP contribution in [0.4, 0.5) is 0 Å². The summed E-state index contributed by atoms with van der Waals surface area (Å²) in [6.45, 7) is 3.45. The lowest BCUT2D eigenvalue weighted by Crippen LogP contribution is -2.47. The van der Waals surface area contributed by atoms with Gasteiger partial charge in [0.15, 0.2) is 11.5 Å². The molecule has 4 rings (SSSR count). The molecule has 0 bridgehead atoms. The Labute approximate surface area is 196 Å². The van der Waals surface area contributed by atoms with Crippen LogP contribution in [0.1, 0.15) is 29.7 Å². The summed E-state index contributed by atoms with van der Waals surface area (Å²) in [5.74, 6) is 1.32. The molecule has 6 nitrogen and oxygen atoms in total. The second kappa shape index (κ2) is 9.95. The van der Waals surface area contributed by atoms with Crippen LogP contribution < -0.4 is 14.2 Å². The maximum atomic E-state index is 13.1. The van der Waals surface area contributed by atoms with E-state index in [0.717, 1.165) is 30.6 Å². The minimum Gasteiger partial charge on any atom is -0.493 e. The van der Waals surface area contributed by atoms with E-state index >= 15 is 0 Å². The zero-order chi connectivity index (χ0) is 23.4. The van der Waals surface area contributed by atoms with Crippen molar-refractivity contribution in [3.8, 4) is 11.5 Å². The molecule has 2 atom stereocenters. The Bertz CT molecular complexity index is 1180. The molecule has 7 heteroatoms. The van der Waals surface area contributed by atoms with E-state index in [1.54, 1.807) is 44.6 Å². The van der Waals surface area contributed by atoms with E-state index in [4.69, 9.17) is 9.47 Å². The molecule has 0 spiro atoms. The predicted molar refractivity (Wildman–Crippen MR) is 129 cm³/mol. The maximum Gasteiger partial charge on any atom is 0.240 e. The zero-order valence-electron chi connectivity index (χ0n) is 19.2. The Morgan fingerprint density at radius 3 is 2.21 bits per heavy atom. The van der Waals surface area contributed by atoms with E-state index in [0.29, 0.717) is 11.5 Å². The SMILES string of the molecule is COc1cc2c(cc1OC)[C@@H]([C@H](C)NS(=O)(=O)c1ccccc1)N(Cc1ccccc1)CC2. The molecule has 3 aromatic rings. The van der Waals surface area contributed by atoms with E-state index < -0.39 is 10.0 Å². The molecule has 0 amide bonds. The number of rotatable bonds is 8.